The smallest absolute Gasteiger partial charge is 0.241 e. The molecule has 8 heteroatoms. The molecule has 3 aromatic rings. The zero-order valence-corrected chi connectivity index (χ0v) is 19.7. The van der Waals surface area contributed by atoms with Crippen molar-refractivity contribution in [3.63, 3.8) is 0 Å². The van der Waals surface area contributed by atoms with E-state index in [1.54, 1.807) is 72.8 Å². The third-order valence-electron chi connectivity index (χ3n) is 6.80. The molecule has 168 valence electrons. The molecule has 2 amide bonds. The maximum atomic E-state index is 13.8. The van der Waals surface area contributed by atoms with E-state index in [-0.39, 0.29) is 11.1 Å². The predicted molar refractivity (Wildman–Crippen MR) is 127 cm³/mol. The van der Waals surface area contributed by atoms with Gasteiger partial charge in [-0.25, -0.2) is 4.90 Å². The first-order valence-electron chi connectivity index (χ1n) is 10.6. The fraction of sp³-hybridized carbons (Fsp3) is 0.154. The summed E-state index contributed by atoms with van der Waals surface area (Å²) < 4.78 is 7.02. The van der Waals surface area contributed by atoms with Crippen molar-refractivity contribution in [2.45, 2.75) is 11.7 Å². The molecule has 2 aliphatic heterocycles. The van der Waals surface area contributed by atoms with Crippen molar-refractivity contribution in [1.82, 2.24) is 0 Å². The minimum absolute atomic E-state index is 0.199. The second-order valence-electron chi connectivity index (χ2n) is 8.52. The number of hydrogen-bond acceptors (Lipinski definition) is 5. The molecular formula is C26H15BrClNO5. The van der Waals surface area contributed by atoms with Crippen LogP contribution < -0.4 is 4.90 Å². The number of imide groups is 1. The molecule has 34 heavy (non-hydrogen) atoms. The molecule has 0 radical (unpaired) electrons. The van der Waals surface area contributed by atoms with Crippen LogP contribution in [0.2, 0.25) is 5.02 Å². The largest absolute Gasteiger partial charge is 0.349 e. The molecule has 0 N–H and O–H groups in total. The number of halogens is 2. The minimum Gasteiger partial charge on any atom is -0.349 e. The highest BCUT2D eigenvalue weighted by Gasteiger charge is 2.74. The predicted octanol–water partition coefficient (Wildman–Crippen LogP) is 4.80. The maximum Gasteiger partial charge on any atom is 0.241 e. The van der Waals surface area contributed by atoms with Gasteiger partial charge in [-0.15, -0.1) is 0 Å². The standard InChI is InChI=1S/C26H15BrClNO5/c27-14-7-11-16(12-8-14)29-24(32)19-20(25(29)33)26(34-21(19)13-5-9-15(28)10-6-13)22(30)17-3-1-2-4-18(17)23(26)31/h1-12,19-21H/t19-,20+,21+/m0/s1. The second kappa shape index (κ2) is 7.43. The van der Waals surface area contributed by atoms with Gasteiger partial charge in [-0.3, -0.25) is 19.2 Å². The molecule has 0 saturated carbocycles. The number of anilines is 1. The SMILES string of the molecule is O=C1[C@@H]2[C@@H](c3ccc(Cl)cc3)OC3(C(=O)c4ccccc4C3=O)[C@H]2C(=O)N1c1ccc(Br)cc1. The van der Waals surface area contributed by atoms with Crippen LogP contribution >= 0.6 is 27.5 Å². The first kappa shape index (κ1) is 21.4. The lowest BCUT2D eigenvalue weighted by Crippen LogP contribution is -2.51. The molecule has 6 nitrogen and oxygen atoms in total. The fourth-order valence-electron chi connectivity index (χ4n) is 5.32. The zero-order valence-electron chi connectivity index (χ0n) is 17.4. The van der Waals surface area contributed by atoms with Gasteiger partial charge in [0.05, 0.1) is 23.6 Å². The monoisotopic (exact) mass is 535 g/mol. The Morgan fingerprint density at radius 3 is 1.97 bits per heavy atom. The van der Waals surface area contributed by atoms with Gasteiger partial charge in [0.1, 0.15) is 0 Å². The van der Waals surface area contributed by atoms with Crippen molar-refractivity contribution in [2.75, 3.05) is 4.90 Å². The number of carbonyl (C=O) groups is 4. The fourth-order valence-corrected chi connectivity index (χ4v) is 5.71. The summed E-state index contributed by atoms with van der Waals surface area (Å²) in [4.78, 5) is 56.0. The molecule has 0 aromatic heterocycles. The molecule has 3 aromatic carbocycles. The van der Waals surface area contributed by atoms with Crippen molar-refractivity contribution in [3.8, 4) is 0 Å². The number of amides is 2. The van der Waals surface area contributed by atoms with Crippen LogP contribution in [0.5, 0.6) is 0 Å². The number of Topliss-reactive ketones (excluding diaryl/α,β-unsaturated/α-hetero) is 2. The van der Waals surface area contributed by atoms with Gasteiger partial charge in [-0.1, -0.05) is 63.9 Å². The average Bonchev–Trinajstić information content (AvgIpc) is 3.40. The van der Waals surface area contributed by atoms with E-state index < -0.39 is 46.9 Å². The molecule has 0 unspecified atom stereocenters. The number of nitrogens with zero attached hydrogens (tertiary/aromatic N) is 1. The lowest BCUT2D eigenvalue weighted by molar-refractivity contribution is -0.127. The Balaban J connectivity index is 1.54. The molecule has 6 rings (SSSR count). The Kier molecular flexibility index (Phi) is 4.68. The van der Waals surface area contributed by atoms with E-state index >= 15 is 0 Å². The van der Waals surface area contributed by atoms with Gasteiger partial charge in [0.2, 0.25) is 29.0 Å². The Morgan fingerprint density at radius 2 is 1.38 bits per heavy atom. The van der Waals surface area contributed by atoms with Crippen molar-refractivity contribution >= 4 is 56.6 Å². The van der Waals surface area contributed by atoms with E-state index in [1.165, 1.54) is 0 Å². The van der Waals surface area contributed by atoms with Crippen LogP contribution in [-0.4, -0.2) is 29.0 Å². The molecule has 1 aliphatic carbocycles. The van der Waals surface area contributed by atoms with Gasteiger partial charge in [-0.05, 0) is 42.0 Å². The van der Waals surface area contributed by atoms with E-state index in [0.717, 1.165) is 9.37 Å². The summed E-state index contributed by atoms with van der Waals surface area (Å²) in [6.07, 6.45) is -0.971. The molecule has 1 spiro atoms. The summed E-state index contributed by atoms with van der Waals surface area (Å²) >= 11 is 9.39. The Bertz CT molecular complexity index is 1370. The van der Waals surface area contributed by atoms with Gasteiger partial charge < -0.3 is 4.74 Å². The van der Waals surface area contributed by atoms with E-state index in [9.17, 15) is 19.2 Å². The van der Waals surface area contributed by atoms with Crippen LogP contribution in [0, 0.1) is 11.8 Å². The highest BCUT2D eigenvalue weighted by atomic mass is 79.9. The molecule has 2 heterocycles. The number of ether oxygens (including phenoxy) is 1. The summed E-state index contributed by atoms with van der Waals surface area (Å²) in [5, 5.41) is 0.485. The van der Waals surface area contributed by atoms with Crippen molar-refractivity contribution in [2.24, 2.45) is 11.8 Å². The van der Waals surface area contributed by atoms with Crippen LogP contribution in [0.15, 0.2) is 77.3 Å². The van der Waals surface area contributed by atoms with Crippen molar-refractivity contribution < 1.29 is 23.9 Å². The van der Waals surface area contributed by atoms with Crippen LogP contribution in [0.1, 0.15) is 32.4 Å². The summed E-state index contributed by atoms with van der Waals surface area (Å²) in [7, 11) is 0. The Labute approximate surface area is 207 Å². The summed E-state index contributed by atoms with van der Waals surface area (Å²) in [6.45, 7) is 0. The highest BCUT2D eigenvalue weighted by Crippen LogP contribution is 2.57. The van der Waals surface area contributed by atoms with Crippen LogP contribution in [0.3, 0.4) is 0 Å². The summed E-state index contributed by atoms with van der Waals surface area (Å²) in [5.74, 6) is -4.62. The van der Waals surface area contributed by atoms with E-state index in [0.29, 0.717) is 16.3 Å². The van der Waals surface area contributed by atoms with Gasteiger partial charge >= 0.3 is 0 Å². The Hall–Kier alpha value is -3.13. The Morgan fingerprint density at radius 1 is 0.794 bits per heavy atom. The van der Waals surface area contributed by atoms with Gasteiger partial charge in [0, 0.05) is 20.6 Å². The van der Waals surface area contributed by atoms with Gasteiger partial charge in [-0.2, -0.15) is 0 Å². The quantitative estimate of drug-likeness (QED) is 0.347. The molecule has 3 atom stereocenters. The van der Waals surface area contributed by atoms with E-state index in [4.69, 9.17) is 16.3 Å². The van der Waals surface area contributed by atoms with Crippen molar-refractivity contribution in [1.29, 1.82) is 0 Å². The minimum atomic E-state index is -2.09. The number of fused-ring (bicyclic) bond motifs is 3. The topological polar surface area (TPSA) is 80.8 Å². The third kappa shape index (κ3) is 2.72. The number of ketones is 2. The van der Waals surface area contributed by atoms with Crippen molar-refractivity contribution in [3.05, 3.63) is 99.0 Å². The van der Waals surface area contributed by atoms with Crippen LogP contribution in [-0.2, 0) is 14.3 Å². The lowest BCUT2D eigenvalue weighted by Gasteiger charge is -2.27. The van der Waals surface area contributed by atoms with Gasteiger partial charge in [0.15, 0.2) is 0 Å². The normalized spacial score (nSPS) is 24.8. The zero-order chi connectivity index (χ0) is 23.8. The molecule has 2 fully saturated rings. The van der Waals surface area contributed by atoms with Gasteiger partial charge in [0.25, 0.3) is 0 Å². The number of hydrogen-bond donors (Lipinski definition) is 0. The first-order chi connectivity index (χ1) is 16.3. The molecule has 3 aliphatic rings. The number of benzene rings is 3. The summed E-state index contributed by atoms with van der Waals surface area (Å²) in [6, 6.07) is 19.8. The molecule has 2 saturated heterocycles. The third-order valence-corrected chi connectivity index (χ3v) is 7.58. The lowest BCUT2D eigenvalue weighted by atomic mass is 9.77. The molecular weight excluding hydrogens is 522 g/mol. The van der Waals surface area contributed by atoms with Crippen LogP contribution in [0.25, 0.3) is 0 Å². The first-order valence-corrected chi connectivity index (χ1v) is 11.8. The average molecular weight is 537 g/mol. The van der Waals surface area contributed by atoms with E-state index in [2.05, 4.69) is 15.9 Å². The number of carbonyl (C=O) groups excluding carboxylic acids is 4. The number of rotatable bonds is 2. The second-order valence-corrected chi connectivity index (χ2v) is 9.87. The molecule has 0 bridgehead atoms. The highest BCUT2D eigenvalue weighted by molar-refractivity contribution is 9.10. The maximum absolute atomic E-state index is 13.8. The summed E-state index contributed by atoms with van der Waals surface area (Å²) in [5.41, 5.74) is -0.759. The van der Waals surface area contributed by atoms with Crippen LogP contribution in [0.4, 0.5) is 5.69 Å². The van der Waals surface area contributed by atoms with E-state index in [1.807, 2.05) is 0 Å².